The Bertz CT molecular complexity index is 832. The Hall–Kier alpha value is -2.61. The molecule has 0 spiro atoms. The van der Waals surface area contributed by atoms with E-state index < -0.39 is 5.91 Å². The number of nitrogens with zero attached hydrogens (tertiary/aromatic N) is 3. The lowest BCUT2D eigenvalue weighted by atomic mass is 9.83. The number of thiazole rings is 1. The second-order valence-electron chi connectivity index (χ2n) is 5.88. The Morgan fingerprint density at radius 1 is 1.33 bits per heavy atom. The van der Waals surface area contributed by atoms with Crippen LogP contribution in [0.2, 0.25) is 0 Å². The zero-order valence-electron chi connectivity index (χ0n) is 12.7. The van der Waals surface area contributed by atoms with Gasteiger partial charge in [0.2, 0.25) is 5.91 Å². The SMILES string of the molecule is O=C1CC(=O)N2C=CC(C(=O)Nc3nc(C4CCC4)cs3)=CC2=N1. The molecule has 0 radical (unpaired) electrons. The summed E-state index contributed by atoms with van der Waals surface area (Å²) in [6.07, 6.45) is 7.73. The van der Waals surface area contributed by atoms with Crippen LogP contribution in [0.1, 0.15) is 37.3 Å². The minimum Gasteiger partial charge on any atom is -0.298 e. The van der Waals surface area contributed by atoms with Crippen LogP contribution in [0.4, 0.5) is 5.13 Å². The topological polar surface area (TPSA) is 91.7 Å². The summed E-state index contributed by atoms with van der Waals surface area (Å²) in [4.78, 5) is 45.0. The Kier molecular flexibility index (Phi) is 3.61. The van der Waals surface area contributed by atoms with Gasteiger partial charge in [0.05, 0.1) is 5.69 Å². The van der Waals surface area contributed by atoms with Crippen molar-refractivity contribution in [2.24, 2.45) is 4.99 Å². The molecular weight excluding hydrogens is 328 g/mol. The smallest absolute Gasteiger partial charge is 0.257 e. The molecule has 1 aromatic rings. The summed E-state index contributed by atoms with van der Waals surface area (Å²) in [5, 5.41) is 5.29. The molecule has 1 N–H and O–H groups in total. The average molecular weight is 342 g/mol. The molecule has 24 heavy (non-hydrogen) atoms. The quantitative estimate of drug-likeness (QED) is 0.850. The van der Waals surface area contributed by atoms with Gasteiger partial charge in [0.1, 0.15) is 12.3 Å². The molecule has 0 saturated heterocycles. The maximum Gasteiger partial charge on any atom is 0.257 e. The van der Waals surface area contributed by atoms with Gasteiger partial charge in [-0.3, -0.25) is 24.6 Å². The van der Waals surface area contributed by atoms with Gasteiger partial charge in [0, 0.05) is 23.1 Å². The zero-order chi connectivity index (χ0) is 16.7. The molecular formula is C16H14N4O3S. The van der Waals surface area contributed by atoms with Crippen LogP contribution in [0.25, 0.3) is 0 Å². The van der Waals surface area contributed by atoms with Gasteiger partial charge in [-0.1, -0.05) is 6.42 Å². The lowest BCUT2D eigenvalue weighted by Gasteiger charge is -2.24. The molecule has 0 unspecified atom stereocenters. The van der Waals surface area contributed by atoms with Crippen molar-refractivity contribution in [1.29, 1.82) is 0 Å². The molecule has 3 amide bonds. The molecule has 7 nitrogen and oxygen atoms in total. The number of aromatic nitrogens is 1. The van der Waals surface area contributed by atoms with Crippen LogP contribution in [0.5, 0.6) is 0 Å². The molecule has 122 valence electrons. The number of amidine groups is 1. The second kappa shape index (κ2) is 5.79. The summed E-state index contributed by atoms with van der Waals surface area (Å²) in [6, 6.07) is 0. The summed E-state index contributed by atoms with van der Waals surface area (Å²) >= 11 is 1.40. The number of anilines is 1. The summed E-state index contributed by atoms with van der Waals surface area (Å²) in [7, 11) is 0. The average Bonchev–Trinajstić information content (AvgIpc) is 2.92. The molecule has 0 bridgehead atoms. The summed E-state index contributed by atoms with van der Waals surface area (Å²) < 4.78 is 0. The van der Waals surface area contributed by atoms with Crippen molar-refractivity contribution in [2.75, 3.05) is 5.32 Å². The largest absolute Gasteiger partial charge is 0.298 e. The van der Waals surface area contributed by atoms with Crippen molar-refractivity contribution in [3.05, 3.63) is 35.0 Å². The third-order valence-electron chi connectivity index (χ3n) is 4.27. The first-order valence-electron chi connectivity index (χ1n) is 7.70. The Balaban J connectivity index is 1.49. The second-order valence-corrected chi connectivity index (χ2v) is 6.74. The van der Waals surface area contributed by atoms with E-state index in [0.29, 0.717) is 16.6 Å². The van der Waals surface area contributed by atoms with Crippen molar-refractivity contribution in [1.82, 2.24) is 9.88 Å². The lowest BCUT2D eigenvalue weighted by Crippen LogP contribution is -2.39. The van der Waals surface area contributed by atoms with E-state index in [2.05, 4.69) is 15.3 Å². The third-order valence-corrected chi connectivity index (χ3v) is 5.05. The van der Waals surface area contributed by atoms with Crippen molar-refractivity contribution in [2.45, 2.75) is 31.6 Å². The van der Waals surface area contributed by atoms with E-state index in [4.69, 9.17) is 0 Å². The number of hydrogen-bond donors (Lipinski definition) is 1. The highest BCUT2D eigenvalue weighted by molar-refractivity contribution is 7.14. The molecule has 1 saturated carbocycles. The molecule has 2 aliphatic heterocycles. The molecule has 3 aliphatic rings. The number of carbonyl (C=O) groups excluding carboxylic acids is 3. The van der Waals surface area contributed by atoms with Crippen LogP contribution in [0.15, 0.2) is 34.3 Å². The molecule has 0 atom stereocenters. The molecule has 1 aromatic heterocycles. The first kappa shape index (κ1) is 14.9. The zero-order valence-corrected chi connectivity index (χ0v) is 13.5. The Morgan fingerprint density at radius 3 is 2.92 bits per heavy atom. The van der Waals surface area contributed by atoms with Gasteiger partial charge in [-0.05, 0) is 25.0 Å². The fourth-order valence-corrected chi connectivity index (χ4v) is 3.50. The number of amides is 3. The predicted octanol–water partition coefficient (Wildman–Crippen LogP) is 1.96. The standard InChI is InChI=1S/C16H14N4O3S/c21-13-7-14(22)20-5-4-10(6-12(20)18-13)15(23)19-16-17-11(8-24-16)9-2-1-3-9/h4-6,8-9H,1-3,7H2,(H,17,19,23). The predicted molar refractivity (Wildman–Crippen MR) is 88.5 cm³/mol. The van der Waals surface area contributed by atoms with Crippen LogP contribution >= 0.6 is 11.3 Å². The number of rotatable bonds is 3. The summed E-state index contributed by atoms with van der Waals surface area (Å²) in [5.74, 6) is -0.487. The van der Waals surface area contributed by atoms with Gasteiger partial charge >= 0.3 is 0 Å². The summed E-state index contributed by atoms with van der Waals surface area (Å²) in [5.41, 5.74) is 1.36. The van der Waals surface area contributed by atoms with Gasteiger partial charge in [0.15, 0.2) is 5.13 Å². The van der Waals surface area contributed by atoms with E-state index >= 15 is 0 Å². The van der Waals surface area contributed by atoms with Crippen LogP contribution in [0, 0.1) is 0 Å². The van der Waals surface area contributed by atoms with Crippen molar-refractivity contribution >= 4 is 40.0 Å². The van der Waals surface area contributed by atoms with Crippen molar-refractivity contribution < 1.29 is 14.4 Å². The van der Waals surface area contributed by atoms with Crippen molar-refractivity contribution in [3.63, 3.8) is 0 Å². The van der Waals surface area contributed by atoms with Crippen LogP contribution in [0.3, 0.4) is 0 Å². The number of fused-ring (bicyclic) bond motifs is 1. The highest BCUT2D eigenvalue weighted by atomic mass is 32.1. The van der Waals surface area contributed by atoms with E-state index in [9.17, 15) is 14.4 Å². The highest BCUT2D eigenvalue weighted by Gasteiger charge is 2.28. The maximum absolute atomic E-state index is 12.4. The fourth-order valence-electron chi connectivity index (χ4n) is 2.71. The van der Waals surface area contributed by atoms with Gasteiger partial charge < -0.3 is 0 Å². The normalized spacial score (nSPS) is 20.2. The highest BCUT2D eigenvalue weighted by Crippen LogP contribution is 2.37. The van der Waals surface area contributed by atoms with Gasteiger partial charge in [-0.15, -0.1) is 11.3 Å². The molecule has 0 aromatic carbocycles. The first-order valence-corrected chi connectivity index (χ1v) is 8.58. The number of nitrogens with one attached hydrogen (secondary N) is 1. The van der Waals surface area contributed by atoms with E-state index in [0.717, 1.165) is 18.5 Å². The molecule has 4 rings (SSSR count). The lowest BCUT2D eigenvalue weighted by molar-refractivity contribution is -0.131. The molecule has 3 heterocycles. The number of aliphatic imine (C=N–C) groups is 1. The van der Waals surface area contributed by atoms with Gasteiger partial charge in [-0.25, -0.2) is 4.98 Å². The van der Waals surface area contributed by atoms with E-state index in [1.807, 2.05) is 5.38 Å². The Morgan fingerprint density at radius 2 is 2.17 bits per heavy atom. The maximum atomic E-state index is 12.4. The van der Waals surface area contributed by atoms with Crippen LogP contribution in [-0.2, 0) is 14.4 Å². The molecule has 1 aliphatic carbocycles. The first-order chi connectivity index (χ1) is 11.6. The van der Waals surface area contributed by atoms with Gasteiger partial charge in [0.25, 0.3) is 11.8 Å². The Labute approximate surface area is 141 Å². The van der Waals surface area contributed by atoms with E-state index in [-0.39, 0.29) is 24.1 Å². The van der Waals surface area contributed by atoms with Crippen LogP contribution < -0.4 is 5.32 Å². The molecule has 1 fully saturated rings. The number of hydrogen-bond acceptors (Lipinski definition) is 5. The third kappa shape index (κ3) is 2.69. The number of carbonyl (C=O) groups is 3. The minimum atomic E-state index is -0.498. The fraction of sp³-hybridized carbons (Fsp3) is 0.312. The van der Waals surface area contributed by atoms with E-state index in [1.165, 1.54) is 41.0 Å². The monoisotopic (exact) mass is 342 g/mol. The van der Waals surface area contributed by atoms with Gasteiger partial charge in [-0.2, -0.15) is 4.99 Å². The van der Waals surface area contributed by atoms with E-state index in [1.54, 1.807) is 0 Å². The van der Waals surface area contributed by atoms with Crippen LogP contribution in [-0.4, -0.2) is 33.4 Å². The molecule has 8 heteroatoms. The minimum absolute atomic E-state index is 0.179. The van der Waals surface area contributed by atoms with Crippen molar-refractivity contribution in [3.8, 4) is 0 Å². The summed E-state index contributed by atoms with van der Waals surface area (Å²) in [6.45, 7) is 0.